The second-order valence-electron chi connectivity index (χ2n) is 3.35. The molecule has 0 fully saturated rings. The molecule has 1 nitrogen and oxygen atoms in total. The molecule has 0 spiro atoms. The number of hydrogen-bond donors (Lipinski definition) is 1. The van der Waals surface area contributed by atoms with Gasteiger partial charge in [0.05, 0.1) is 0 Å². The third-order valence-corrected chi connectivity index (χ3v) is 2.07. The molecule has 0 aromatic heterocycles. The maximum atomic E-state index is 4.22. The highest BCUT2D eigenvalue weighted by atomic mass is 32.1. The Bertz CT molecular complexity index is 224. The first-order chi connectivity index (χ1) is 8.29. The largest absolute Gasteiger partial charge is 0.371 e. The van der Waals surface area contributed by atoms with Gasteiger partial charge in [-0.05, 0) is 19.1 Å². The molecule has 100 valence electrons. The molecular formula is C15H29NS. The standard InChI is InChI=1S/C10H15NS.C3H8.C2H6/c1-2-11(8-9-12)10-6-4-3-5-7-10;1-3-2;1-2/h3-7,12H,2,8-9H2,1H3;3H2,1-2H3;1-2H3. The SMILES string of the molecule is CC.CCC.CCN(CCS)c1ccccc1. The molecule has 0 aliphatic heterocycles. The molecule has 0 amide bonds. The van der Waals surface area contributed by atoms with E-state index < -0.39 is 0 Å². The summed E-state index contributed by atoms with van der Waals surface area (Å²) in [7, 11) is 0. The van der Waals surface area contributed by atoms with Crippen LogP contribution in [0.5, 0.6) is 0 Å². The Labute approximate surface area is 114 Å². The van der Waals surface area contributed by atoms with E-state index in [0.29, 0.717) is 0 Å². The summed E-state index contributed by atoms with van der Waals surface area (Å²) in [5.41, 5.74) is 1.29. The molecule has 0 unspecified atom stereocenters. The Kier molecular flexibility index (Phi) is 16.9. The number of thiol groups is 1. The molecule has 2 heteroatoms. The lowest BCUT2D eigenvalue weighted by molar-refractivity contribution is 0.874. The number of para-hydroxylation sites is 1. The van der Waals surface area contributed by atoms with Gasteiger partial charge in [0.15, 0.2) is 0 Å². The van der Waals surface area contributed by atoms with E-state index >= 15 is 0 Å². The highest BCUT2D eigenvalue weighted by Crippen LogP contribution is 2.11. The van der Waals surface area contributed by atoms with Gasteiger partial charge in [0.2, 0.25) is 0 Å². The third-order valence-electron chi connectivity index (χ3n) is 1.87. The van der Waals surface area contributed by atoms with Gasteiger partial charge in [-0.15, -0.1) is 0 Å². The second-order valence-corrected chi connectivity index (χ2v) is 3.79. The Morgan fingerprint density at radius 3 is 1.82 bits per heavy atom. The summed E-state index contributed by atoms with van der Waals surface area (Å²) in [6, 6.07) is 10.4. The molecule has 0 atom stereocenters. The smallest absolute Gasteiger partial charge is 0.0366 e. The van der Waals surface area contributed by atoms with Gasteiger partial charge in [-0.3, -0.25) is 0 Å². The average molecular weight is 255 g/mol. The Morgan fingerprint density at radius 2 is 1.47 bits per heavy atom. The van der Waals surface area contributed by atoms with Gasteiger partial charge in [-0.1, -0.05) is 52.3 Å². The maximum Gasteiger partial charge on any atom is 0.0366 e. The minimum absolute atomic E-state index is 0.905. The molecule has 0 N–H and O–H groups in total. The van der Waals surface area contributed by atoms with Gasteiger partial charge >= 0.3 is 0 Å². The van der Waals surface area contributed by atoms with Crippen LogP contribution in [0.2, 0.25) is 0 Å². The minimum atomic E-state index is 0.905. The van der Waals surface area contributed by atoms with Crippen LogP contribution in [0, 0.1) is 0 Å². The normalized spacial score (nSPS) is 8.35. The lowest BCUT2D eigenvalue weighted by atomic mass is 10.3. The van der Waals surface area contributed by atoms with Crippen molar-refractivity contribution in [3.05, 3.63) is 30.3 Å². The van der Waals surface area contributed by atoms with Gasteiger partial charge in [0.25, 0.3) is 0 Å². The van der Waals surface area contributed by atoms with E-state index in [9.17, 15) is 0 Å². The Hall–Kier alpha value is -0.630. The van der Waals surface area contributed by atoms with Crippen LogP contribution < -0.4 is 4.90 Å². The zero-order chi connectivity index (χ0) is 13.5. The molecule has 1 aromatic carbocycles. The van der Waals surface area contributed by atoms with Crippen LogP contribution in [0.3, 0.4) is 0 Å². The van der Waals surface area contributed by atoms with Gasteiger partial charge in [-0.2, -0.15) is 12.6 Å². The maximum absolute atomic E-state index is 4.22. The first-order valence-electron chi connectivity index (χ1n) is 6.70. The molecule has 1 aromatic rings. The van der Waals surface area contributed by atoms with Crippen LogP contribution >= 0.6 is 12.6 Å². The zero-order valence-corrected chi connectivity index (χ0v) is 13.0. The fraction of sp³-hybridized carbons (Fsp3) is 0.600. The summed E-state index contributed by atoms with van der Waals surface area (Å²) in [4.78, 5) is 2.31. The summed E-state index contributed by atoms with van der Waals surface area (Å²) < 4.78 is 0. The van der Waals surface area contributed by atoms with Crippen LogP contribution in [0.1, 0.15) is 41.0 Å². The Balaban J connectivity index is 0. The van der Waals surface area contributed by atoms with E-state index in [4.69, 9.17) is 0 Å². The van der Waals surface area contributed by atoms with Crippen molar-refractivity contribution in [2.75, 3.05) is 23.7 Å². The molecule has 0 saturated carbocycles. The van der Waals surface area contributed by atoms with Crippen LogP contribution in [-0.2, 0) is 0 Å². The van der Waals surface area contributed by atoms with Crippen LogP contribution in [0.4, 0.5) is 5.69 Å². The van der Waals surface area contributed by atoms with Crippen LogP contribution in [0.15, 0.2) is 30.3 Å². The first kappa shape index (κ1) is 18.7. The molecule has 0 bridgehead atoms. The van der Waals surface area contributed by atoms with Crippen molar-refractivity contribution in [1.29, 1.82) is 0 Å². The van der Waals surface area contributed by atoms with E-state index in [1.807, 2.05) is 19.9 Å². The van der Waals surface area contributed by atoms with Gasteiger partial charge in [-0.25, -0.2) is 0 Å². The summed E-state index contributed by atoms with van der Waals surface area (Å²) in [5.74, 6) is 0.905. The summed E-state index contributed by atoms with van der Waals surface area (Å²) in [6.45, 7) is 12.5. The van der Waals surface area contributed by atoms with E-state index in [-0.39, 0.29) is 0 Å². The minimum Gasteiger partial charge on any atom is -0.371 e. The summed E-state index contributed by atoms with van der Waals surface area (Å²) in [5, 5.41) is 0. The average Bonchev–Trinajstić information content (AvgIpc) is 2.40. The molecule has 0 radical (unpaired) electrons. The predicted octanol–water partition coefficient (Wildman–Crippen LogP) is 4.89. The van der Waals surface area contributed by atoms with Crippen molar-refractivity contribution in [2.24, 2.45) is 0 Å². The van der Waals surface area contributed by atoms with E-state index in [0.717, 1.165) is 18.8 Å². The van der Waals surface area contributed by atoms with Gasteiger partial charge < -0.3 is 4.90 Å². The number of anilines is 1. The molecular weight excluding hydrogens is 226 g/mol. The monoisotopic (exact) mass is 255 g/mol. The number of benzene rings is 1. The summed E-state index contributed by atoms with van der Waals surface area (Å²) >= 11 is 4.22. The number of nitrogens with zero attached hydrogens (tertiary/aromatic N) is 1. The molecule has 0 heterocycles. The van der Waals surface area contributed by atoms with Crippen molar-refractivity contribution >= 4 is 18.3 Å². The Morgan fingerprint density at radius 1 is 1.00 bits per heavy atom. The third kappa shape index (κ3) is 10.3. The van der Waals surface area contributed by atoms with Gasteiger partial charge in [0.1, 0.15) is 0 Å². The highest BCUT2D eigenvalue weighted by Gasteiger charge is 1.99. The van der Waals surface area contributed by atoms with Crippen molar-refractivity contribution in [3.63, 3.8) is 0 Å². The number of hydrogen-bond acceptors (Lipinski definition) is 2. The fourth-order valence-corrected chi connectivity index (χ4v) is 1.47. The predicted molar refractivity (Wildman–Crippen MR) is 85.5 cm³/mol. The van der Waals surface area contributed by atoms with Gasteiger partial charge in [0, 0.05) is 24.5 Å². The quantitative estimate of drug-likeness (QED) is 0.750. The van der Waals surface area contributed by atoms with Crippen molar-refractivity contribution < 1.29 is 0 Å². The first-order valence-corrected chi connectivity index (χ1v) is 7.34. The second kappa shape index (κ2) is 15.4. The lowest BCUT2D eigenvalue weighted by Crippen LogP contribution is -2.24. The lowest BCUT2D eigenvalue weighted by Gasteiger charge is -2.21. The fourth-order valence-electron chi connectivity index (χ4n) is 1.23. The highest BCUT2D eigenvalue weighted by molar-refractivity contribution is 7.80. The molecule has 1 rings (SSSR count). The van der Waals surface area contributed by atoms with Crippen molar-refractivity contribution in [1.82, 2.24) is 0 Å². The van der Waals surface area contributed by atoms with Crippen LogP contribution in [0.25, 0.3) is 0 Å². The molecule has 0 saturated heterocycles. The molecule has 0 aliphatic carbocycles. The van der Waals surface area contributed by atoms with Crippen molar-refractivity contribution in [2.45, 2.75) is 41.0 Å². The zero-order valence-electron chi connectivity index (χ0n) is 12.1. The molecule has 17 heavy (non-hydrogen) atoms. The van der Waals surface area contributed by atoms with E-state index in [1.165, 1.54) is 12.1 Å². The molecule has 0 aliphatic rings. The van der Waals surface area contributed by atoms with Crippen LogP contribution in [-0.4, -0.2) is 18.8 Å². The topological polar surface area (TPSA) is 3.24 Å². The summed E-state index contributed by atoms with van der Waals surface area (Å²) in [6.07, 6.45) is 1.25. The van der Waals surface area contributed by atoms with E-state index in [1.54, 1.807) is 0 Å². The van der Waals surface area contributed by atoms with E-state index in [2.05, 4.69) is 62.6 Å². The van der Waals surface area contributed by atoms with Crippen molar-refractivity contribution in [3.8, 4) is 0 Å². The number of rotatable bonds is 4.